The third kappa shape index (κ3) is 3.29. The maximum absolute atomic E-state index is 8.76. The van der Waals surface area contributed by atoms with Crippen LogP contribution in [0.2, 0.25) is 0 Å². The van der Waals surface area contributed by atoms with Crippen LogP contribution in [-0.4, -0.2) is 46.4 Å². The first-order chi connectivity index (χ1) is 7.35. The van der Waals surface area contributed by atoms with Crippen LogP contribution < -0.4 is 0 Å². The summed E-state index contributed by atoms with van der Waals surface area (Å²) in [5.74, 6) is 3.57. The lowest BCUT2D eigenvalue weighted by atomic mass is 9.93. The van der Waals surface area contributed by atoms with E-state index < -0.39 is 0 Å². The highest BCUT2D eigenvalue weighted by atomic mass is 32.2. The van der Waals surface area contributed by atoms with Gasteiger partial charge in [-0.05, 0) is 37.2 Å². The Balaban J connectivity index is 1.76. The molecule has 2 nitrogen and oxygen atoms in total. The Morgan fingerprint density at radius 1 is 1.53 bits per heavy atom. The summed E-state index contributed by atoms with van der Waals surface area (Å²) in [5, 5.41) is 9.53. The van der Waals surface area contributed by atoms with Crippen LogP contribution in [0, 0.1) is 0 Å². The van der Waals surface area contributed by atoms with Gasteiger partial charge in [-0.25, -0.2) is 0 Å². The van der Waals surface area contributed by atoms with Crippen LogP contribution in [0.15, 0.2) is 0 Å². The largest absolute Gasteiger partial charge is 0.396 e. The third-order valence-corrected chi connectivity index (χ3v) is 5.79. The number of thioether (sulfide) groups is 2. The van der Waals surface area contributed by atoms with Crippen molar-refractivity contribution in [2.45, 2.75) is 36.5 Å². The predicted octanol–water partition coefficient (Wildman–Crippen LogP) is 2.16. The van der Waals surface area contributed by atoms with E-state index in [4.69, 9.17) is 9.84 Å². The van der Waals surface area contributed by atoms with Crippen LogP contribution in [0.3, 0.4) is 0 Å². The number of aliphatic hydroxyl groups is 1. The van der Waals surface area contributed by atoms with Crippen molar-refractivity contribution in [1.82, 2.24) is 0 Å². The molecule has 2 heterocycles. The molecule has 0 aromatic heterocycles. The molecule has 2 aliphatic heterocycles. The van der Waals surface area contributed by atoms with Gasteiger partial charge in [0.1, 0.15) is 0 Å². The zero-order chi connectivity index (χ0) is 10.6. The summed E-state index contributed by atoms with van der Waals surface area (Å²) < 4.78 is 5.98. The van der Waals surface area contributed by atoms with Gasteiger partial charge in [-0.2, -0.15) is 23.5 Å². The number of hydrogen-bond donors (Lipinski definition) is 1. The van der Waals surface area contributed by atoms with Crippen molar-refractivity contribution in [1.29, 1.82) is 0 Å². The smallest absolute Gasteiger partial charge is 0.0790 e. The first-order valence-electron chi connectivity index (χ1n) is 5.79. The van der Waals surface area contributed by atoms with Gasteiger partial charge in [0.15, 0.2) is 0 Å². The van der Waals surface area contributed by atoms with Crippen LogP contribution in [0.1, 0.15) is 25.7 Å². The Bertz CT molecular complexity index is 193. The van der Waals surface area contributed by atoms with Crippen LogP contribution in [0.5, 0.6) is 0 Å². The van der Waals surface area contributed by atoms with Gasteiger partial charge in [0.25, 0.3) is 0 Å². The van der Waals surface area contributed by atoms with Gasteiger partial charge in [-0.15, -0.1) is 0 Å². The average molecular weight is 248 g/mol. The molecule has 2 atom stereocenters. The number of aliphatic hydroxyl groups excluding tert-OH is 1. The van der Waals surface area contributed by atoms with Crippen LogP contribution in [0.25, 0.3) is 0 Å². The summed E-state index contributed by atoms with van der Waals surface area (Å²) >= 11 is 4.07. The molecule has 0 amide bonds. The van der Waals surface area contributed by atoms with E-state index in [1.165, 1.54) is 30.8 Å². The summed E-state index contributed by atoms with van der Waals surface area (Å²) in [4.78, 5) is 0. The summed E-state index contributed by atoms with van der Waals surface area (Å²) in [6, 6.07) is 0. The molecule has 0 radical (unpaired) electrons. The lowest BCUT2D eigenvalue weighted by Gasteiger charge is -2.37. The van der Waals surface area contributed by atoms with Crippen molar-refractivity contribution in [3.63, 3.8) is 0 Å². The van der Waals surface area contributed by atoms with E-state index in [0.717, 1.165) is 24.0 Å². The van der Waals surface area contributed by atoms with Crippen LogP contribution in [-0.2, 0) is 4.74 Å². The minimum atomic E-state index is 0.222. The quantitative estimate of drug-likeness (QED) is 0.772. The standard InChI is InChI=1S/C11H20O2S2/c12-4-1-6-15-10-2-5-13-11(8-10)3-7-14-9-11/h10,12H,1-9H2. The lowest BCUT2D eigenvalue weighted by Crippen LogP contribution is -2.41. The Morgan fingerprint density at radius 3 is 3.20 bits per heavy atom. The first kappa shape index (κ1) is 12.1. The van der Waals surface area contributed by atoms with E-state index in [1.807, 2.05) is 23.5 Å². The van der Waals surface area contributed by atoms with E-state index in [2.05, 4.69) is 0 Å². The predicted molar refractivity (Wildman–Crippen MR) is 67.8 cm³/mol. The van der Waals surface area contributed by atoms with Gasteiger partial charge in [0.05, 0.1) is 5.60 Å². The molecule has 0 aromatic rings. The topological polar surface area (TPSA) is 29.5 Å². The van der Waals surface area contributed by atoms with Gasteiger partial charge in [0.2, 0.25) is 0 Å². The van der Waals surface area contributed by atoms with E-state index >= 15 is 0 Å². The molecule has 4 heteroatoms. The van der Waals surface area contributed by atoms with Gasteiger partial charge in [-0.1, -0.05) is 0 Å². The molecule has 1 spiro atoms. The van der Waals surface area contributed by atoms with Gasteiger partial charge < -0.3 is 9.84 Å². The lowest BCUT2D eigenvalue weighted by molar-refractivity contribution is -0.0562. The molecule has 0 saturated carbocycles. The molecular formula is C11H20O2S2. The Labute approximate surface area is 101 Å². The molecule has 2 aliphatic rings. The summed E-state index contributed by atoms with van der Waals surface area (Å²) in [7, 11) is 0. The summed E-state index contributed by atoms with van der Waals surface area (Å²) in [5.41, 5.74) is 0.222. The van der Waals surface area contributed by atoms with Crippen molar-refractivity contribution in [3.05, 3.63) is 0 Å². The summed E-state index contributed by atoms with van der Waals surface area (Å²) in [6.07, 6.45) is 4.61. The molecule has 2 unspecified atom stereocenters. The van der Waals surface area contributed by atoms with E-state index in [0.29, 0.717) is 6.61 Å². The second-order valence-electron chi connectivity index (χ2n) is 4.40. The highest BCUT2D eigenvalue weighted by Crippen LogP contribution is 2.41. The molecule has 2 rings (SSSR count). The Hall–Kier alpha value is 0.620. The fourth-order valence-corrected chi connectivity index (χ4v) is 4.99. The Morgan fingerprint density at radius 2 is 2.47 bits per heavy atom. The monoisotopic (exact) mass is 248 g/mol. The number of rotatable bonds is 4. The average Bonchev–Trinajstić information content (AvgIpc) is 2.67. The molecule has 15 heavy (non-hydrogen) atoms. The van der Waals surface area contributed by atoms with Crippen molar-refractivity contribution >= 4 is 23.5 Å². The molecule has 0 aromatic carbocycles. The maximum Gasteiger partial charge on any atom is 0.0790 e. The van der Waals surface area contributed by atoms with Gasteiger partial charge in [-0.3, -0.25) is 0 Å². The van der Waals surface area contributed by atoms with Crippen LogP contribution in [0.4, 0.5) is 0 Å². The molecule has 0 aliphatic carbocycles. The minimum Gasteiger partial charge on any atom is -0.396 e. The molecule has 88 valence electrons. The molecular weight excluding hydrogens is 228 g/mol. The molecule has 1 N–H and O–H groups in total. The van der Waals surface area contributed by atoms with Crippen molar-refractivity contribution in [3.8, 4) is 0 Å². The van der Waals surface area contributed by atoms with Crippen molar-refractivity contribution in [2.24, 2.45) is 0 Å². The van der Waals surface area contributed by atoms with Gasteiger partial charge in [0, 0.05) is 24.2 Å². The zero-order valence-corrected chi connectivity index (χ0v) is 10.7. The van der Waals surface area contributed by atoms with Gasteiger partial charge >= 0.3 is 0 Å². The number of hydrogen-bond acceptors (Lipinski definition) is 4. The summed E-state index contributed by atoms with van der Waals surface area (Å²) in [6.45, 7) is 1.27. The normalized spacial score (nSPS) is 36.2. The fraction of sp³-hybridized carbons (Fsp3) is 1.00. The van der Waals surface area contributed by atoms with E-state index in [9.17, 15) is 0 Å². The third-order valence-electron chi connectivity index (χ3n) is 3.17. The number of ether oxygens (including phenoxy) is 1. The maximum atomic E-state index is 8.76. The molecule has 2 saturated heterocycles. The zero-order valence-electron chi connectivity index (χ0n) is 9.11. The van der Waals surface area contributed by atoms with Crippen molar-refractivity contribution in [2.75, 3.05) is 30.5 Å². The first-order valence-corrected chi connectivity index (χ1v) is 7.99. The van der Waals surface area contributed by atoms with E-state index in [-0.39, 0.29) is 5.60 Å². The van der Waals surface area contributed by atoms with Crippen LogP contribution >= 0.6 is 23.5 Å². The highest BCUT2D eigenvalue weighted by Gasteiger charge is 2.40. The Kier molecular flexibility index (Phi) is 4.68. The SMILES string of the molecule is OCCCSC1CCOC2(CCSC2)C1. The minimum absolute atomic E-state index is 0.222. The second kappa shape index (κ2) is 5.80. The van der Waals surface area contributed by atoms with Crippen molar-refractivity contribution < 1.29 is 9.84 Å². The van der Waals surface area contributed by atoms with E-state index in [1.54, 1.807) is 0 Å². The molecule has 0 bridgehead atoms. The second-order valence-corrected chi connectivity index (χ2v) is 6.91. The molecule has 2 fully saturated rings. The fourth-order valence-electron chi connectivity index (χ4n) is 2.30. The highest BCUT2D eigenvalue weighted by molar-refractivity contribution is 8.00.